The largest absolute Gasteiger partial charge is 0.493 e. The minimum absolute atomic E-state index is 0. The standard InChI is InChI=1S/C14H19N5O3S.ClH/c1-20-7-6-16-13(15)17-14-19-18-12(23-14)9-4-5-10(21-2)11(8-9)22-3;/h4-5,8H,6-7H2,1-3H3,(H3,15,16,17,19);1H. The summed E-state index contributed by atoms with van der Waals surface area (Å²) in [6, 6.07) is 5.56. The van der Waals surface area contributed by atoms with Crippen molar-refractivity contribution in [1.82, 2.24) is 10.2 Å². The highest BCUT2D eigenvalue weighted by molar-refractivity contribution is 7.18. The first-order valence-corrected chi connectivity index (χ1v) is 7.61. The summed E-state index contributed by atoms with van der Waals surface area (Å²) in [5, 5.41) is 12.4. The van der Waals surface area contributed by atoms with Gasteiger partial charge in [0.1, 0.15) is 5.01 Å². The van der Waals surface area contributed by atoms with Crippen LogP contribution in [0, 0.1) is 0 Å². The Morgan fingerprint density at radius 2 is 1.96 bits per heavy atom. The first kappa shape index (κ1) is 19.9. The molecule has 0 aliphatic rings. The van der Waals surface area contributed by atoms with Crippen LogP contribution in [0.5, 0.6) is 11.5 Å². The molecule has 1 aromatic carbocycles. The molecule has 0 aliphatic carbocycles. The van der Waals surface area contributed by atoms with Gasteiger partial charge in [-0.1, -0.05) is 11.3 Å². The average molecular weight is 374 g/mol. The molecule has 1 aromatic heterocycles. The molecule has 0 aliphatic heterocycles. The van der Waals surface area contributed by atoms with E-state index in [4.69, 9.17) is 19.9 Å². The summed E-state index contributed by atoms with van der Waals surface area (Å²) in [7, 11) is 4.79. The van der Waals surface area contributed by atoms with Crippen LogP contribution in [0.4, 0.5) is 5.13 Å². The predicted molar refractivity (Wildman–Crippen MR) is 97.7 cm³/mol. The van der Waals surface area contributed by atoms with Gasteiger partial charge in [0, 0.05) is 12.7 Å². The van der Waals surface area contributed by atoms with E-state index in [1.54, 1.807) is 21.3 Å². The molecular weight excluding hydrogens is 354 g/mol. The minimum Gasteiger partial charge on any atom is -0.493 e. The molecule has 2 aromatic rings. The zero-order chi connectivity index (χ0) is 16.7. The number of rotatable bonds is 7. The van der Waals surface area contributed by atoms with Crippen LogP contribution in [0.3, 0.4) is 0 Å². The Labute approximate surface area is 150 Å². The van der Waals surface area contributed by atoms with E-state index < -0.39 is 0 Å². The van der Waals surface area contributed by atoms with Crippen LogP contribution in [0.25, 0.3) is 10.6 Å². The maximum Gasteiger partial charge on any atom is 0.212 e. The van der Waals surface area contributed by atoms with E-state index in [1.165, 1.54) is 11.3 Å². The maximum atomic E-state index is 5.76. The van der Waals surface area contributed by atoms with Crippen molar-refractivity contribution in [3.05, 3.63) is 18.2 Å². The number of halogens is 1. The van der Waals surface area contributed by atoms with E-state index >= 15 is 0 Å². The SMILES string of the molecule is COCCN=C(N)Nc1nnc(-c2ccc(OC)c(OC)c2)s1.Cl. The molecule has 8 nitrogen and oxygen atoms in total. The number of methoxy groups -OCH3 is 3. The van der Waals surface area contributed by atoms with Crippen molar-refractivity contribution in [3.63, 3.8) is 0 Å². The highest BCUT2D eigenvalue weighted by atomic mass is 35.5. The molecule has 24 heavy (non-hydrogen) atoms. The Bertz CT molecular complexity index is 680. The summed E-state index contributed by atoms with van der Waals surface area (Å²) in [4.78, 5) is 4.10. The fourth-order valence-corrected chi connectivity index (χ4v) is 2.51. The quantitative estimate of drug-likeness (QED) is 0.434. The van der Waals surface area contributed by atoms with Crippen molar-refractivity contribution in [1.29, 1.82) is 0 Å². The summed E-state index contributed by atoms with van der Waals surface area (Å²) in [6.45, 7) is 0.992. The lowest BCUT2D eigenvalue weighted by Gasteiger charge is -2.07. The van der Waals surface area contributed by atoms with Crippen molar-refractivity contribution in [2.45, 2.75) is 0 Å². The van der Waals surface area contributed by atoms with Gasteiger partial charge in [0.2, 0.25) is 5.13 Å². The molecule has 0 unspecified atom stereocenters. The summed E-state index contributed by atoms with van der Waals surface area (Å²) >= 11 is 1.36. The Morgan fingerprint density at radius 1 is 1.21 bits per heavy atom. The van der Waals surface area contributed by atoms with Crippen molar-refractivity contribution in [3.8, 4) is 22.1 Å². The van der Waals surface area contributed by atoms with Gasteiger partial charge in [-0.25, -0.2) is 0 Å². The molecule has 0 bridgehead atoms. The van der Waals surface area contributed by atoms with Gasteiger partial charge < -0.3 is 25.3 Å². The Balaban J connectivity index is 0.00000288. The maximum absolute atomic E-state index is 5.76. The lowest BCUT2D eigenvalue weighted by atomic mass is 10.2. The fourth-order valence-electron chi connectivity index (χ4n) is 1.77. The third-order valence-electron chi connectivity index (χ3n) is 2.87. The van der Waals surface area contributed by atoms with E-state index in [0.29, 0.717) is 29.8 Å². The summed E-state index contributed by atoms with van der Waals surface area (Å²) in [5.41, 5.74) is 6.64. The van der Waals surface area contributed by atoms with Crippen molar-refractivity contribution in [2.24, 2.45) is 10.7 Å². The molecule has 0 fully saturated rings. The zero-order valence-electron chi connectivity index (χ0n) is 13.6. The minimum atomic E-state index is 0. The number of nitrogens with zero attached hydrogens (tertiary/aromatic N) is 3. The third kappa shape index (κ3) is 5.22. The number of aliphatic imine (C=N–C) groups is 1. The number of ether oxygens (including phenoxy) is 3. The third-order valence-corrected chi connectivity index (χ3v) is 3.76. The van der Waals surface area contributed by atoms with Crippen LogP contribution in [0.1, 0.15) is 0 Å². The smallest absolute Gasteiger partial charge is 0.212 e. The molecule has 10 heteroatoms. The molecule has 0 atom stereocenters. The van der Waals surface area contributed by atoms with Gasteiger partial charge in [-0.15, -0.1) is 22.6 Å². The number of benzene rings is 1. The molecule has 0 saturated heterocycles. The molecule has 0 amide bonds. The average Bonchev–Trinajstić information content (AvgIpc) is 3.02. The Morgan fingerprint density at radius 3 is 2.62 bits per heavy atom. The number of hydrogen-bond donors (Lipinski definition) is 2. The van der Waals surface area contributed by atoms with Crippen molar-refractivity contribution >= 4 is 34.8 Å². The van der Waals surface area contributed by atoms with Crippen LogP contribution in [0.15, 0.2) is 23.2 Å². The normalized spacial score (nSPS) is 10.9. The second-order valence-corrected chi connectivity index (χ2v) is 5.34. The lowest BCUT2D eigenvalue weighted by molar-refractivity contribution is 0.208. The molecular formula is C14H20ClN5O3S. The van der Waals surface area contributed by atoms with Crippen molar-refractivity contribution < 1.29 is 14.2 Å². The molecule has 2 rings (SSSR count). The highest BCUT2D eigenvalue weighted by Crippen LogP contribution is 2.34. The van der Waals surface area contributed by atoms with E-state index in [0.717, 1.165) is 10.6 Å². The molecule has 0 radical (unpaired) electrons. The first-order valence-electron chi connectivity index (χ1n) is 6.79. The fraction of sp³-hybridized carbons (Fsp3) is 0.357. The number of nitrogens with one attached hydrogen (secondary N) is 1. The van der Waals surface area contributed by atoms with Crippen LogP contribution < -0.4 is 20.5 Å². The zero-order valence-corrected chi connectivity index (χ0v) is 15.2. The van der Waals surface area contributed by atoms with Gasteiger partial charge in [-0.05, 0) is 18.2 Å². The van der Waals surface area contributed by atoms with E-state index in [-0.39, 0.29) is 18.4 Å². The number of hydrogen-bond acceptors (Lipinski definition) is 7. The molecule has 1 heterocycles. The van der Waals surface area contributed by atoms with Crippen LogP contribution >= 0.6 is 23.7 Å². The van der Waals surface area contributed by atoms with E-state index in [2.05, 4.69) is 20.5 Å². The monoisotopic (exact) mass is 373 g/mol. The van der Waals surface area contributed by atoms with Gasteiger partial charge in [-0.3, -0.25) is 4.99 Å². The highest BCUT2D eigenvalue weighted by Gasteiger charge is 2.11. The second-order valence-electron chi connectivity index (χ2n) is 4.37. The Hall–Kier alpha value is -2.10. The Kier molecular flexibility index (Phi) is 8.24. The summed E-state index contributed by atoms with van der Waals surface area (Å²) in [5.74, 6) is 1.57. The summed E-state index contributed by atoms with van der Waals surface area (Å²) < 4.78 is 15.4. The summed E-state index contributed by atoms with van der Waals surface area (Å²) in [6.07, 6.45) is 0. The van der Waals surface area contributed by atoms with Crippen LogP contribution in [0.2, 0.25) is 0 Å². The molecule has 0 spiro atoms. The second kappa shape index (κ2) is 9.91. The number of anilines is 1. The van der Waals surface area contributed by atoms with Crippen molar-refractivity contribution in [2.75, 3.05) is 39.8 Å². The number of guanidine groups is 1. The van der Waals surface area contributed by atoms with Gasteiger partial charge in [0.25, 0.3) is 0 Å². The predicted octanol–water partition coefficient (Wildman–Crippen LogP) is 2.02. The van der Waals surface area contributed by atoms with Gasteiger partial charge in [-0.2, -0.15) is 0 Å². The first-order chi connectivity index (χ1) is 11.2. The van der Waals surface area contributed by atoms with E-state index in [9.17, 15) is 0 Å². The molecule has 3 N–H and O–H groups in total. The van der Waals surface area contributed by atoms with Crippen LogP contribution in [-0.2, 0) is 4.74 Å². The molecule has 0 saturated carbocycles. The molecule has 132 valence electrons. The topological polar surface area (TPSA) is 104 Å². The van der Waals surface area contributed by atoms with Gasteiger partial charge in [0.05, 0.1) is 27.4 Å². The van der Waals surface area contributed by atoms with Gasteiger partial charge >= 0.3 is 0 Å². The number of nitrogens with two attached hydrogens (primary N) is 1. The lowest BCUT2D eigenvalue weighted by Crippen LogP contribution is -2.23. The number of aromatic nitrogens is 2. The van der Waals surface area contributed by atoms with E-state index in [1.807, 2.05) is 18.2 Å². The van der Waals surface area contributed by atoms with Crippen LogP contribution in [-0.4, -0.2) is 50.6 Å². The van der Waals surface area contributed by atoms with Gasteiger partial charge in [0.15, 0.2) is 17.5 Å².